The fraction of sp³-hybridized carbons (Fsp3) is 0.400. The van der Waals surface area contributed by atoms with Crippen LogP contribution in [0.4, 0.5) is 12.9 Å². The number of halogens is 3. The minimum atomic E-state index is -4.87. The molecule has 1 aromatic rings. The number of hydrogen-bond acceptors (Lipinski definition) is 3. The van der Waals surface area contributed by atoms with Crippen LogP contribution in [0, 0.1) is 11.3 Å². The fourth-order valence-corrected chi connectivity index (χ4v) is 1.49. The molecule has 0 amide bonds. The molecule has 0 spiro atoms. The van der Waals surface area contributed by atoms with Gasteiger partial charge in [-0.05, 0) is 18.1 Å². The lowest BCUT2D eigenvalue weighted by Gasteiger charge is -2.26. The van der Waals surface area contributed by atoms with Crippen LogP contribution >= 0.6 is 0 Å². The standard InChI is InChI=1S/C10H12BF3N3/c12-11(13,14)9-17(6-2-4-15)8-10-3-1-5-16-7-10/h1,3,5,7H,2,6,8-9H2/q-1. The van der Waals surface area contributed by atoms with E-state index in [1.165, 1.54) is 11.1 Å². The van der Waals surface area contributed by atoms with E-state index in [9.17, 15) is 12.9 Å². The Kier molecular flexibility index (Phi) is 4.97. The minimum Gasteiger partial charge on any atom is -0.448 e. The zero-order valence-corrected chi connectivity index (χ0v) is 9.19. The molecule has 3 nitrogen and oxygen atoms in total. The van der Waals surface area contributed by atoms with Crippen LogP contribution in [0.25, 0.3) is 0 Å². The molecular formula is C10H12BF3N3-. The zero-order chi connectivity index (χ0) is 12.7. The Bertz CT molecular complexity index is 375. The third-order valence-corrected chi connectivity index (χ3v) is 2.13. The molecule has 0 aromatic carbocycles. The summed E-state index contributed by atoms with van der Waals surface area (Å²) < 4.78 is 37.1. The highest BCUT2D eigenvalue weighted by Crippen LogP contribution is 2.13. The molecule has 92 valence electrons. The van der Waals surface area contributed by atoms with Crippen molar-refractivity contribution in [2.45, 2.75) is 13.0 Å². The van der Waals surface area contributed by atoms with Gasteiger partial charge in [-0.1, -0.05) is 6.07 Å². The van der Waals surface area contributed by atoms with Gasteiger partial charge in [0.05, 0.1) is 6.07 Å². The summed E-state index contributed by atoms with van der Waals surface area (Å²) in [4.78, 5) is 5.07. The van der Waals surface area contributed by atoms with E-state index >= 15 is 0 Å². The van der Waals surface area contributed by atoms with E-state index in [0.29, 0.717) is 5.56 Å². The molecule has 0 fully saturated rings. The number of rotatable bonds is 6. The average molecular weight is 242 g/mol. The first-order chi connectivity index (χ1) is 8.01. The molecule has 0 saturated carbocycles. The summed E-state index contributed by atoms with van der Waals surface area (Å²) in [7, 11) is 0. The van der Waals surface area contributed by atoms with Gasteiger partial charge in [-0.15, -0.1) is 0 Å². The van der Waals surface area contributed by atoms with E-state index in [-0.39, 0.29) is 19.5 Å². The Balaban J connectivity index is 2.61. The molecule has 0 saturated heterocycles. The Morgan fingerprint density at radius 2 is 2.18 bits per heavy atom. The maximum atomic E-state index is 12.4. The molecule has 1 heterocycles. The van der Waals surface area contributed by atoms with Gasteiger partial charge >= 0.3 is 6.98 Å². The molecule has 0 unspecified atom stereocenters. The highest BCUT2D eigenvalue weighted by molar-refractivity contribution is 6.58. The van der Waals surface area contributed by atoms with Crippen molar-refractivity contribution in [1.82, 2.24) is 9.88 Å². The second-order valence-corrected chi connectivity index (χ2v) is 3.71. The van der Waals surface area contributed by atoms with Gasteiger partial charge in [0.2, 0.25) is 0 Å². The van der Waals surface area contributed by atoms with E-state index in [0.717, 1.165) is 0 Å². The third kappa shape index (κ3) is 5.92. The number of pyridine rings is 1. The van der Waals surface area contributed by atoms with Crippen LogP contribution in [0.2, 0.25) is 0 Å². The molecule has 0 aliphatic heterocycles. The van der Waals surface area contributed by atoms with E-state index in [1.54, 1.807) is 18.3 Å². The molecule has 7 heteroatoms. The average Bonchev–Trinajstić information content (AvgIpc) is 2.25. The first-order valence-corrected chi connectivity index (χ1v) is 5.20. The summed E-state index contributed by atoms with van der Waals surface area (Å²) in [6, 6.07) is 5.25. The summed E-state index contributed by atoms with van der Waals surface area (Å²) in [5.41, 5.74) is 0.713. The summed E-state index contributed by atoms with van der Waals surface area (Å²) in [6.07, 6.45) is 2.24. The first kappa shape index (κ1) is 13.5. The second-order valence-electron chi connectivity index (χ2n) is 3.71. The van der Waals surface area contributed by atoms with Gasteiger partial charge in [0.15, 0.2) is 0 Å². The van der Waals surface area contributed by atoms with Crippen LogP contribution in [0.3, 0.4) is 0 Å². The predicted molar refractivity (Wildman–Crippen MR) is 58.8 cm³/mol. The van der Waals surface area contributed by atoms with Crippen LogP contribution in [0.15, 0.2) is 24.5 Å². The monoisotopic (exact) mass is 242 g/mol. The fourth-order valence-electron chi connectivity index (χ4n) is 1.49. The predicted octanol–water partition coefficient (Wildman–Crippen LogP) is 2.18. The highest BCUT2D eigenvalue weighted by Gasteiger charge is 2.26. The van der Waals surface area contributed by atoms with Crippen LogP contribution in [0.1, 0.15) is 12.0 Å². The van der Waals surface area contributed by atoms with Crippen molar-refractivity contribution in [2.75, 3.05) is 13.0 Å². The van der Waals surface area contributed by atoms with E-state index in [4.69, 9.17) is 5.26 Å². The SMILES string of the molecule is N#CCCN(Cc1cccnc1)C[B-](F)(F)F. The second kappa shape index (κ2) is 6.25. The van der Waals surface area contributed by atoms with Crippen LogP contribution < -0.4 is 0 Å². The molecule has 1 aromatic heterocycles. The van der Waals surface area contributed by atoms with Crippen molar-refractivity contribution < 1.29 is 12.9 Å². The van der Waals surface area contributed by atoms with E-state index in [2.05, 4.69) is 4.98 Å². The minimum absolute atomic E-state index is 0.0897. The Hall–Kier alpha value is -1.55. The Morgan fingerprint density at radius 3 is 2.71 bits per heavy atom. The quantitative estimate of drug-likeness (QED) is 0.717. The van der Waals surface area contributed by atoms with Gasteiger partial charge in [-0.25, -0.2) is 0 Å². The van der Waals surface area contributed by atoms with Gasteiger partial charge in [-0.3, -0.25) is 4.98 Å². The lowest BCUT2D eigenvalue weighted by Crippen LogP contribution is -2.38. The van der Waals surface area contributed by atoms with Gasteiger partial charge in [0.25, 0.3) is 0 Å². The van der Waals surface area contributed by atoms with Gasteiger partial charge in [0.1, 0.15) is 0 Å². The summed E-state index contributed by atoms with van der Waals surface area (Å²) in [5.74, 6) is 0. The van der Waals surface area contributed by atoms with Crippen molar-refractivity contribution in [3.63, 3.8) is 0 Å². The van der Waals surface area contributed by atoms with Crippen molar-refractivity contribution in [3.8, 4) is 6.07 Å². The third-order valence-electron chi connectivity index (χ3n) is 2.13. The molecule has 0 radical (unpaired) electrons. The van der Waals surface area contributed by atoms with Gasteiger partial charge < -0.3 is 17.8 Å². The molecule has 0 bridgehead atoms. The smallest absolute Gasteiger partial charge is 0.448 e. The molecule has 0 atom stereocenters. The molecule has 0 aliphatic rings. The maximum Gasteiger partial charge on any atom is 0.492 e. The Labute approximate surface area is 97.9 Å². The summed E-state index contributed by atoms with van der Waals surface area (Å²) in [6.45, 7) is -4.59. The first-order valence-electron chi connectivity index (χ1n) is 5.20. The molecular weight excluding hydrogens is 230 g/mol. The lowest BCUT2D eigenvalue weighted by molar-refractivity contribution is 0.276. The number of nitriles is 1. The highest BCUT2D eigenvalue weighted by atomic mass is 19.4. The van der Waals surface area contributed by atoms with Crippen molar-refractivity contribution >= 4 is 6.98 Å². The van der Waals surface area contributed by atoms with E-state index in [1.807, 2.05) is 6.07 Å². The van der Waals surface area contributed by atoms with Crippen LogP contribution in [0.5, 0.6) is 0 Å². The van der Waals surface area contributed by atoms with Crippen LogP contribution in [-0.4, -0.2) is 29.9 Å². The van der Waals surface area contributed by atoms with Crippen molar-refractivity contribution in [2.24, 2.45) is 0 Å². The van der Waals surface area contributed by atoms with Crippen molar-refractivity contribution in [3.05, 3.63) is 30.1 Å². The Morgan fingerprint density at radius 1 is 1.41 bits per heavy atom. The normalized spacial score (nSPS) is 11.5. The van der Waals surface area contributed by atoms with Crippen molar-refractivity contribution in [1.29, 1.82) is 5.26 Å². The lowest BCUT2D eigenvalue weighted by atomic mass is 9.91. The maximum absolute atomic E-state index is 12.4. The zero-order valence-electron chi connectivity index (χ0n) is 9.19. The van der Waals surface area contributed by atoms with Gasteiger partial charge in [-0.2, -0.15) is 5.26 Å². The largest absolute Gasteiger partial charge is 0.492 e. The molecule has 1 rings (SSSR count). The number of hydrogen-bond donors (Lipinski definition) is 0. The topological polar surface area (TPSA) is 39.9 Å². The molecule has 17 heavy (non-hydrogen) atoms. The summed E-state index contributed by atoms with van der Waals surface area (Å²) in [5, 5.41) is 8.41. The number of nitrogens with zero attached hydrogens (tertiary/aromatic N) is 3. The summed E-state index contributed by atoms with van der Waals surface area (Å²) >= 11 is 0. The molecule has 0 aliphatic carbocycles. The molecule has 0 N–H and O–H groups in total. The van der Waals surface area contributed by atoms with Gasteiger partial charge in [0, 0.05) is 31.9 Å². The van der Waals surface area contributed by atoms with E-state index < -0.39 is 13.4 Å². The van der Waals surface area contributed by atoms with Crippen LogP contribution in [-0.2, 0) is 6.54 Å². The number of aromatic nitrogens is 1.